The van der Waals surface area contributed by atoms with Crippen LogP contribution in [0.3, 0.4) is 0 Å². The number of hydrogen-bond acceptors (Lipinski definition) is 5. The van der Waals surface area contributed by atoms with Crippen LogP contribution in [-0.2, 0) is 4.79 Å². The summed E-state index contributed by atoms with van der Waals surface area (Å²) in [6.07, 6.45) is 0.117. The third-order valence-corrected chi connectivity index (χ3v) is 4.73. The monoisotopic (exact) mass is 482 g/mol. The number of nitrogens with one attached hydrogen (secondary N) is 1. The summed E-state index contributed by atoms with van der Waals surface area (Å²) in [6.45, 7) is 3.38. The largest absolute Gasteiger partial charge is 0.489 e. The molecular formula is C21H27ClF4N2O4. The second-order valence-corrected chi connectivity index (χ2v) is 7.46. The molecule has 180 valence electrons. The molecule has 3 rings (SSSR count). The Balaban J connectivity index is 0.00000320. The minimum atomic E-state index is -0.708. The van der Waals surface area contributed by atoms with Crippen LogP contribution in [0.5, 0.6) is 11.5 Å². The Bertz CT molecular complexity index is 845. The molecular weight excluding hydrogens is 456 g/mol. The summed E-state index contributed by atoms with van der Waals surface area (Å²) < 4.78 is 24.5. The van der Waals surface area contributed by atoms with E-state index in [0.717, 1.165) is 13.0 Å². The van der Waals surface area contributed by atoms with Gasteiger partial charge < -0.3 is 19.9 Å². The zero-order chi connectivity index (χ0) is 20.8. The van der Waals surface area contributed by atoms with Crippen LogP contribution in [0.2, 0.25) is 5.02 Å². The molecule has 0 spiro atoms. The molecule has 6 nitrogen and oxygen atoms in total. The number of carbonyl (C=O) groups excluding carboxylic acids is 1. The molecule has 2 unspecified atom stereocenters. The maximum atomic E-state index is 13.0. The van der Waals surface area contributed by atoms with Crippen LogP contribution in [0.25, 0.3) is 0 Å². The number of hydrogen-bond donors (Lipinski definition) is 2. The first-order valence-corrected chi connectivity index (χ1v) is 9.79. The number of nitrogens with zero attached hydrogens (tertiary/aromatic N) is 1. The van der Waals surface area contributed by atoms with Crippen molar-refractivity contribution >= 4 is 23.2 Å². The molecule has 32 heavy (non-hydrogen) atoms. The highest BCUT2D eigenvalue weighted by atomic mass is 35.5. The van der Waals surface area contributed by atoms with E-state index in [0.29, 0.717) is 35.3 Å². The molecule has 0 radical (unpaired) electrons. The maximum absolute atomic E-state index is 13.0. The Morgan fingerprint density at radius 2 is 1.94 bits per heavy atom. The predicted octanol–water partition coefficient (Wildman–Crippen LogP) is 3.79. The van der Waals surface area contributed by atoms with Gasteiger partial charge in [-0.15, -0.1) is 0 Å². The van der Waals surface area contributed by atoms with Gasteiger partial charge in [0.05, 0.1) is 5.69 Å². The van der Waals surface area contributed by atoms with Crippen LogP contribution < -0.4 is 14.8 Å². The van der Waals surface area contributed by atoms with Crippen LogP contribution in [0.4, 0.5) is 24.2 Å². The van der Waals surface area contributed by atoms with E-state index >= 15 is 0 Å². The Hall–Kier alpha value is -2.56. The Kier molecular flexibility index (Phi) is 12.7. The van der Waals surface area contributed by atoms with E-state index in [4.69, 9.17) is 21.1 Å². The van der Waals surface area contributed by atoms with Crippen molar-refractivity contribution in [3.8, 4) is 11.5 Å². The molecule has 1 saturated heterocycles. The lowest BCUT2D eigenvalue weighted by atomic mass is 10.3. The van der Waals surface area contributed by atoms with Crippen molar-refractivity contribution in [1.29, 1.82) is 0 Å². The van der Waals surface area contributed by atoms with Crippen molar-refractivity contribution in [3.63, 3.8) is 0 Å². The van der Waals surface area contributed by atoms with E-state index in [1.807, 2.05) is 0 Å². The highest BCUT2D eigenvalue weighted by Crippen LogP contribution is 2.28. The van der Waals surface area contributed by atoms with Crippen molar-refractivity contribution in [1.82, 2.24) is 4.90 Å². The summed E-state index contributed by atoms with van der Waals surface area (Å²) in [5, 5.41) is 13.5. The number of benzene rings is 2. The third-order valence-electron chi connectivity index (χ3n) is 4.50. The van der Waals surface area contributed by atoms with Crippen LogP contribution in [0, 0.1) is 5.82 Å². The number of carbonyl (C=O) groups is 1. The molecule has 2 aromatic carbocycles. The van der Waals surface area contributed by atoms with Gasteiger partial charge >= 0.3 is 0 Å². The number of ether oxygens (including phenoxy) is 2. The van der Waals surface area contributed by atoms with Crippen molar-refractivity contribution in [2.75, 3.05) is 31.6 Å². The normalized spacial score (nSPS) is 16.1. The van der Waals surface area contributed by atoms with Gasteiger partial charge in [0.15, 0.2) is 0 Å². The molecule has 2 N–H and O–H groups in total. The molecule has 2 atom stereocenters. The fourth-order valence-electron chi connectivity index (χ4n) is 3.22. The first-order chi connectivity index (χ1) is 13.9. The van der Waals surface area contributed by atoms with E-state index in [1.54, 1.807) is 30.3 Å². The van der Waals surface area contributed by atoms with Crippen LogP contribution in [0.15, 0.2) is 42.5 Å². The van der Waals surface area contributed by atoms with E-state index in [-0.39, 0.29) is 38.5 Å². The van der Waals surface area contributed by atoms with Gasteiger partial charge in [-0.25, -0.2) is 4.39 Å². The first-order valence-electron chi connectivity index (χ1n) is 9.41. The highest BCUT2D eigenvalue weighted by molar-refractivity contribution is 6.31. The fourth-order valence-corrected chi connectivity index (χ4v) is 3.39. The molecule has 1 aliphatic rings. The molecule has 1 fully saturated rings. The summed E-state index contributed by atoms with van der Waals surface area (Å²) in [5.74, 6) is 0.552. The average molecular weight is 483 g/mol. The standard InChI is InChI=1S/C21H24ClFN2O4.3FH/c1-14(26)24-20-10-15(22)2-7-21(20)28-13-17(27)11-25-9-8-19(12-25)29-18-5-3-16(23)4-6-18;;;/h2-7,10,17,19,27H,8-9,11-13H2,1H3,(H,24,26);3*1H. The molecule has 1 heterocycles. The minimum absolute atomic E-state index is 0. The van der Waals surface area contributed by atoms with Gasteiger partial charge in [-0.3, -0.25) is 23.8 Å². The lowest BCUT2D eigenvalue weighted by molar-refractivity contribution is -0.114. The number of aliphatic hydroxyl groups is 1. The van der Waals surface area contributed by atoms with E-state index in [9.17, 15) is 14.3 Å². The van der Waals surface area contributed by atoms with Crippen molar-refractivity contribution in [2.45, 2.75) is 25.6 Å². The third kappa shape index (κ3) is 8.89. The lowest BCUT2D eigenvalue weighted by Gasteiger charge is -2.21. The second kappa shape index (κ2) is 13.8. The topological polar surface area (TPSA) is 71.0 Å². The summed E-state index contributed by atoms with van der Waals surface area (Å²) in [7, 11) is 0. The summed E-state index contributed by atoms with van der Waals surface area (Å²) in [4.78, 5) is 13.4. The number of amides is 1. The maximum Gasteiger partial charge on any atom is 0.221 e. The van der Waals surface area contributed by atoms with E-state index in [2.05, 4.69) is 10.2 Å². The van der Waals surface area contributed by atoms with Crippen molar-refractivity contribution in [2.24, 2.45) is 0 Å². The molecule has 0 bridgehead atoms. The van der Waals surface area contributed by atoms with Crippen LogP contribution >= 0.6 is 11.6 Å². The van der Waals surface area contributed by atoms with Gasteiger partial charge in [-0.1, -0.05) is 11.6 Å². The predicted molar refractivity (Wildman–Crippen MR) is 117 cm³/mol. The Labute approximate surface area is 188 Å². The van der Waals surface area contributed by atoms with Crippen LogP contribution in [-0.4, -0.2) is 54.4 Å². The van der Waals surface area contributed by atoms with E-state index < -0.39 is 6.10 Å². The number of aliphatic hydroxyl groups excluding tert-OH is 1. The molecule has 2 aromatic rings. The summed E-state index contributed by atoms with van der Waals surface area (Å²) in [5.41, 5.74) is 0.464. The van der Waals surface area contributed by atoms with Gasteiger partial charge in [0, 0.05) is 31.6 Å². The summed E-state index contributed by atoms with van der Waals surface area (Å²) >= 11 is 5.96. The molecule has 0 aromatic heterocycles. The second-order valence-electron chi connectivity index (χ2n) is 7.03. The number of rotatable bonds is 8. The number of anilines is 1. The zero-order valence-electron chi connectivity index (χ0n) is 17.3. The van der Waals surface area contributed by atoms with Gasteiger partial charge in [0.1, 0.15) is 36.1 Å². The lowest BCUT2D eigenvalue weighted by Crippen LogP contribution is -2.35. The number of β-amino-alcohol motifs (C(OH)–C–C–N with tert-alkyl or cyclic N) is 1. The molecule has 0 aliphatic carbocycles. The Morgan fingerprint density at radius 3 is 2.59 bits per heavy atom. The van der Waals surface area contributed by atoms with Crippen molar-refractivity contribution < 1.29 is 37.9 Å². The quantitative estimate of drug-likeness (QED) is 0.560. The van der Waals surface area contributed by atoms with Gasteiger partial charge in [-0.2, -0.15) is 0 Å². The molecule has 1 amide bonds. The van der Waals surface area contributed by atoms with Gasteiger partial charge in [0.25, 0.3) is 0 Å². The first kappa shape index (κ1) is 29.4. The molecule has 11 heteroatoms. The van der Waals surface area contributed by atoms with Crippen molar-refractivity contribution in [3.05, 3.63) is 53.3 Å². The summed E-state index contributed by atoms with van der Waals surface area (Å²) in [6, 6.07) is 10.9. The molecule has 1 aliphatic heterocycles. The van der Waals surface area contributed by atoms with Crippen LogP contribution in [0.1, 0.15) is 13.3 Å². The number of likely N-dealkylation sites (tertiary alicyclic amines) is 1. The average Bonchev–Trinajstić information content (AvgIpc) is 3.09. The highest BCUT2D eigenvalue weighted by Gasteiger charge is 2.26. The fraction of sp³-hybridized carbons (Fsp3) is 0.381. The number of halogens is 5. The minimum Gasteiger partial charge on any atom is -0.489 e. The Morgan fingerprint density at radius 1 is 1.25 bits per heavy atom. The SMILES string of the molecule is CC(=O)Nc1cc(Cl)ccc1OCC(O)CN1CCC(Oc2ccc(F)cc2)C1.F.F.F. The molecule has 0 saturated carbocycles. The van der Waals surface area contributed by atoms with Gasteiger partial charge in [-0.05, 0) is 48.9 Å². The zero-order valence-corrected chi connectivity index (χ0v) is 18.1. The smallest absolute Gasteiger partial charge is 0.221 e. The van der Waals surface area contributed by atoms with E-state index in [1.165, 1.54) is 19.1 Å². The van der Waals surface area contributed by atoms with Gasteiger partial charge in [0.2, 0.25) is 5.91 Å².